The Labute approximate surface area is 257 Å². The van der Waals surface area contributed by atoms with Gasteiger partial charge in [0.1, 0.15) is 11.4 Å². The molecule has 0 aromatic heterocycles. The van der Waals surface area contributed by atoms with E-state index in [9.17, 15) is 37.5 Å². The fourth-order valence-corrected chi connectivity index (χ4v) is 8.24. The Morgan fingerprint density at radius 1 is 0.909 bits per heavy atom. The molecule has 2 aromatic carbocycles. The quantitative estimate of drug-likeness (QED) is 0.119. The van der Waals surface area contributed by atoms with E-state index in [4.69, 9.17) is 23.2 Å². The maximum absolute atomic E-state index is 15.0. The first kappa shape index (κ1) is 30.5. The van der Waals surface area contributed by atoms with Gasteiger partial charge in [-0.1, -0.05) is 30.7 Å². The molecule has 6 atom stereocenters. The molecule has 7 nitrogen and oxygen atoms in total. The lowest BCUT2D eigenvalue weighted by molar-refractivity contribution is -0.140. The first-order valence-electron chi connectivity index (χ1n) is 13.8. The average Bonchev–Trinajstić information content (AvgIpc) is 3.31. The lowest BCUT2D eigenvalue weighted by Crippen LogP contribution is -2.60. The maximum Gasteiger partial charge on any atom is 0.258 e. The number of aromatic hydroxyl groups is 1. The number of halogens is 7. The van der Waals surface area contributed by atoms with Gasteiger partial charge in [-0.2, -0.15) is 0 Å². The molecule has 3 fully saturated rings. The Morgan fingerprint density at radius 3 is 2.11 bits per heavy atom. The van der Waals surface area contributed by atoms with E-state index in [1.165, 1.54) is 25.1 Å². The molecule has 2 heterocycles. The SMILES string of the molecule is CCCN1C(=O)[C@H]2[C@H](CC=C3[C@H]2C[C@@]2(Cl)C(=O)N(c4c(F)c(F)c(F)c(F)c4F)C(=O)[C@@]2(Cl)[C@H]3c2ccc(O)c(C)c2)C1=O. The minimum Gasteiger partial charge on any atom is -0.508 e. The Bertz CT molecular complexity index is 1710. The molecule has 14 heteroatoms. The molecule has 1 N–H and O–H groups in total. The number of anilines is 1. The summed E-state index contributed by atoms with van der Waals surface area (Å²) in [6, 6.07) is 4.11. The molecule has 0 unspecified atom stereocenters. The van der Waals surface area contributed by atoms with Crippen LogP contribution >= 0.6 is 23.2 Å². The molecule has 2 aliphatic carbocycles. The van der Waals surface area contributed by atoms with Crippen molar-refractivity contribution in [1.29, 1.82) is 0 Å². The molecular formula is C30H23Cl2F5N2O5. The number of allylic oxidation sites excluding steroid dienone is 2. The van der Waals surface area contributed by atoms with Gasteiger partial charge in [0.05, 0.1) is 11.8 Å². The van der Waals surface area contributed by atoms with Crippen LogP contribution in [0.25, 0.3) is 0 Å². The van der Waals surface area contributed by atoms with Gasteiger partial charge in [0.15, 0.2) is 33.0 Å². The second-order valence-corrected chi connectivity index (χ2v) is 12.8. The highest BCUT2D eigenvalue weighted by Crippen LogP contribution is 2.66. The zero-order valence-electron chi connectivity index (χ0n) is 23.1. The van der Waals surface area contributed by atoms with Crippen molar-refractivity contribution in [3.05, 3.63) is 70.1 Å². The normalized spacial score (nSPS) is 31.3. The van der Waals surface area contributed by atoms with Gasteiger partial charge in [0, 0.05) is 12.5 Å². The maximum atomic E-state index is 15.0. The second-order valence-electron chi connectivity index (χ2n) is 11.6. The van der Waals surface area contributed by atoms with E-state index in [1.54, 1.807) is 13.0 Å². The van der Waals surface area contributed by atoms with E-state index in [-0.39, 0.29) is 29.2 Å². The molecule has 0 radical (unpaired) electrons. The third kappa shape index (κ3) is 3.67. The Kier molecular flexibility index (Phi) is 6.93. The van der Waals surface area contributed by atoms with Crippen LogP contribution in [0.1, 0.15) is 43.2 Å². The number of hydrogen-bond acceptors (Lipinski definition) is 5. The third-order valence-electron chi connectivity index (χ3n) is 9.31. The first-order chi connectivity index (χ1) is 20.6. The van der Waals surface area contributed by atoms with Crippen molar-refractivity contribution in [1.82, 2.24) is 4.90 Å². The number of rotatable bonds is 4. The highest BCUT2D eigenvalue weighted by atomic mass is 35.5. The van der Waals surface area contributed by atoms with Crippen molar-refractivity contribution in [3.63, 3.8) is 0 Å². The summed E-state index contributed by atoms with van der Waals surface area (Å²) in [7, 11) is 0. The van der Waals surface area contributed by atoms with Gasteiger partial charge in [-0.25, -0.2) is 26.9 Å². The number of fused-ring (bicyclic) bond motifs is 4. The number of likely N-dealkylation sites (tertiary alicyclic amines) is 1. The minimum atomic E-state index is -2.60. The average molecular weight is 657 g/mol. The highest BCUT2D eigenvalue weighted by molar-refractivity contribution is 6.58. The van der Waals surface area contributed by atoms with Crippen LogP contribution in [0, 0.1) is 53.8 Å². The molecule has 232 valence electrons. The van der Waals surface area contributed by atoms with E-state index in [0.29, 0.717) is 17.6 Å². The number of phenolic OH excluding ortho intramolecular Hbond substituents is 1. The lowest BCUT2D eigenvalue weighted by atomic mass is 9.56. The Balaban J connectivity index is 1.60. The van der Waals surface area contributed by atoms with E-state index in [0.717, 1.165) is 4.90 Å². The first-order valence-corrected chi connectivity index (χ1v) is 14.5. The Morgan fingerprint density at radius 2 is 1.52 bits per heavy atom. The molecule has 2 aliphatic heterocycles. The monoisotopic (exact) mass is 656 g/mol. The van der Waals surface area contributed by atoms with Crippen LogP contribution in [0.3, 0.4) is 0 Å². The van der Waals surface area contributed by atoms with Gasteiger partial charge >= 0.3 is 0 Å². The molecule has 0 spiro atoms. The van der Waals surface area contributed by atoms with Gasteiger partial charge in [-0.3, -0.25) is 24.1 Å². The molecule has 4 aliphatic rings. The molecule has 0 bridgehead atoms. The molecule has 1 saturated carbocycles. The van der Waals surface area contributed by atoms with Gasteiger partial charge in [-0.15, -0.1) is 23.2 Å². The molecule has 2 saturated heterocycles. The largest absolute Gasteiger partial charge is 0.508 e. The van der Waals surface area contributed by atoms with Crippen LogP contribution in [0.5, 0.6) is 5.75 Å². The summed E-state index contributed by atoms with van der Waals surface area (Å²) < 4.78 is 72.6. The van der Waals surface area contributed by atoms with Gasteiger partial charge in [0.2, 0.25) is 17.6 Å². The summed E-state index contributed by atoms with van der Waals surface area (Å²) in [5.74, 6) is -20.5. The van der Waals surface area contributed by atoms with Crippen molar-refractivity contribution in [2.75, 3.05) is 11.4 Å². The topological polar surface area (TPSA) is 95.0 Å². The predicted octanol–water partition coefficient (Wildman–Crippen LogP) is 5.37. The van der Waals surface area contributed by atoms with Crippen molar-refractivity contribution in [2.45, 2.75) is 48.8 Å². The lowest BCUT2D eigenvalue weighted by Gasteiger charge is -2.50. The molecule has 2 aromatic rings. The number of hydrogen-bond donors (Lipinski definition) is 1. The van der Waals surface area contributed by atoms with Crippen molar-refractivity contribution >= 4 is 52.5 Å². The van der Waals surface area contributed by atoms with Gasteiger partial charge < -0.3 is 5.11 Å². The van der Waals surface area contributed by atoms with Crippen LogP contribution in [0.4, 0.5) is 27.6 Å². The number of carbonyl (C=O) groups excluding carboxylic acids is 4. The number of benzene rings is 2. The zero-order valence-corrected chi connectivity index (χ0v) is 24.6. The summed E-state index contributed by atoms with van der Waals surface area (Å²) in [5, 5.41) is 10.2. The molecule has 4 amide bonds. The van der Waals surface area contributed by atoms with Gasteiger partial charge in [0.25, 0.3) is 11.8 Å². The van der Waals surface area contributed by atoms with Crippen molar-refractivity contribution in [2.24, 2.45) is 17.8 Å². The third-order valence-corrected chi connectivity index (χ3v) is 10.7. The van der Waals surface area contributed by atoms with E-state index < -0.39 is 98.2 Å². The summed E-state index contributed by atoms with van der Waals surface area (Å²) in [5.41, 5.74) is -0.948. The standard InChI is InChI=1S/C30H23Cl2F5N2O5/c1-3-8-38-25(41)14-6-5-13-15(17(14)26(38)42)10-29(31)27(43)39(24-22(36)20(34)19(33)21(35)23(24)37)28(44)30(29,32)18(13)12-4-7-16(40)11(2)9-12/h4-5,7,9,14-15,17-18,40H,3,6,8,10H2,1-2H3/t14-,15+,17-,18-,29+,30-/m0/s1. The minimum absolute atomic E-state index is 0.0700. The smallest absolute Gasteiger partial charge is 0.258 e. The second kappa shape index (κ2) is 10.00. The van der Waals surface area contributed by atoms with E-state index in [2.05, 4.69) is 0 Å². The Hall–Kier alpha value is -3.51. The summed E-state index contributed by atoms with van der Waals surface area (Å²) in [4.78, 5) is 50.8. The summed E-state index contributed by atoms with van der Waals surface area (Å²) in [6.07, 6.45) is 1.61. The number of carbonyl (C=O) groups is 4. The summed E-state index contributed by atoms with van der Waals surface area (Å²) >= 11 is 14.1. The van der Waals surface area contributed by atoms with Crippen LogP contribution in [-0.4, -0.2) is 49.9 Å². The summed E-state index contributed by atoms with van der Waals surface area (Å²) in [6.45, 7) is 3.45. The van der Waals surface area contributed by atoms with Crippen LogP contribution in [0.15, 0.2) is 29.8 Å². The molecule has 6 rings (SSSR count). The van der Waals surface area contributed by atoms with Crippen molar-refractivity contribution < 1.29 is 46.2 Å². The number of alkyl halides is 2. The molecular weight excluding hydrogens is 634 g/mol. The van der Waals surface area contributed by atoms with Crippen molar-refractivity contribution in [3.8, 4) is 5.75 Å². The number of nitrogens with zero attached hydrogens (tertiary/aromatic N) is 2. The van der Waals surface area contributed by atoms with E-state index >= 15 is 8.78 Å². The number of amides is 4. The van der Waals surface area contributed by atoms with Crippen LogP contribution < -0.4 is 4.90 Å². The zero-order chi connectivity index (χ0) is 32.2. The number of imide groups is 2. The fraction of sp³-hybridized carbons (Fsp3) is 0.400. The van der Waals surface area contributed by atoms with E-state index in [1.807, 2.05) is 0 Å². The number of aryl methyl sites for hydroxylation is 1. The molecule has 44 heavy (non-hydrogen) atoms. The van der Waals surface area contributed by atoms with Crippen LogP contribution in [-0.2, 0) is 19.2 Å². The number of phenols is 1. The predicted molar refractivity (Wildman–Crippen MR) is 146 cm³/mol. The fourth-order valence-electron chi connectivity index (χ4n) is 7.31. The highest BCUT2D eigenvalue weighted by Gasteiger charge is 2.77. The van der Waals surface area contributed by atoms with Gasteiger partial charge in [-0.05, 0) is 49.3 Å². The van der Waals surface area contributed by atoms with Crippen LogP contribution in [0.2, 0.25) is 0 Å².